The average Bonchev–Trinajstić information content (AvgIpc) is 2.48. The van der Waals surface area contributed by atoms with Crippen molar-refractivity contribution in [1.82, 2.24) is 4.98 Å². The summed E-state index contributed by atoms with van der Waals surface area (Å²) in [6.45, 7) is 1.89. The Morgan fingerprint density at radius 2 is 2.31 bits per heavy atom. The molecule has 5 nitrogen and oxygen atoms in total. The highest BCUT2D eigenvalue weighted by Gasteiger charge is 2.24. The van der Waals surface area contributed by atoms with Crippen molar-refractivity contribution in [1.29, 1.82) is 0 Å². The smallest absolute Gasteiger partial charge is 0.298 e. The molecule has 0 saturated carbocycles. The van der Waals surface area contributed by atoms with Crippen molar-refractivity contribution < 1.29 is 18.1 Å². The lowest BCUT2D eigenvalue weighted by atomic mass is 10.4. The average molecular weight is 223 g/mol. The van der Waals surface area contributed by atoms with Crippen LogP contribution >= 0.6 is 11.3 Å². The Morgan fingerprint density at radius 1 is 1.69 bits per heavy atom. The molecule has 0 saturated heterocycles. The van der Waals surface area contributed by atoms with Gasteiger partial charge in [-0.05, 0) is 6.42 Å². The molecule has 0 aromatic carbocycles. The van der Waals surface area contributed by atoms with Gasteiger partial charge in [-0.1, -0.05) is 6.92 Å². The molecule has 0 fully saturated rings. The van der Waals surface area contributed by atoms with Crippen molar-refractivity contribution in [3.05, 3.63) is 16.1 Å². The lowest BCUT2D eigenvalue weighted by molar-refractivity contribution is 0.238. The summed E-state index contributed by atoms with van der Waals surface area (Å²) in [5.74, 6) is 0. The van der Waals surface area contributed by atoms with Crippen LogP contribution < -0.4 is 0 Å². The lowest BCUT2D eigenvalue weighted by Gasteiger charge is -2.01. The SMILES string of the molecule is CCc1cnc(C(O)S(=O)(=O)O)s1. The van der Waals surface area contributed by atoms with E-state index < -0.39 is 15.6 Å². The minimum atomic E-state index is -4.45. The summed E-state index contributed by atoms with van der Waals surface area (Å²) in [5.41, 5.74) is -1.92. The van der Waals surface area contributed by atoms with Crippen LogP contribution in [0.15, 0.2) is 6.20 Å². The normalized spacial score (nSPS) is 14.4. The van der Waals surface area contributed by atoms with Crippen LogP contribution in [0.3, 0.4) is 0 Å². The van der Waals surface area contributed by atoms with Gasteiger partial charge in [0.25, 0.3) is 10.1 Å². The fraction of sp³-hybridized carbons (Fsp3) is 0.500. The van der Waals surface area contributed by atoms with Gasteiger partial charge in [0.1, 0.15) is 5.01 Å². The molecular weight excluding hydrogens is 214 g/mol. The topological polar surface area (TPSA) is 87.5 Å². The number of aryl methyl sites for hydroxylation is 1. The predicted molar refractivity (Wildman–Crippen MR) is 48.0 cm³/mol. The molecule has 0 spiro atoms. The van der Waals surface area contributed by atoms with Crippen LogP contribution in [-0.4, -0.2) is 23.1 Å². The zero-order valence-corrected chi connectivity index (χ0v) is 8.47. The van der Waals surface area contributed by atoms with Gasteiger partial charge in [-0.3, -0.25) is 4.55 Å². The summed E-state index contributed by atoms with van der Waals surface area (Å²) in [6, 6.07) is 0. The maximum absolute atomic E-state index is 10.5. The minimum Gasteiger partial charge on any atom is -0.370 e. The number of aliphatic hydroxyl groups is 1. The Balaban J connectivity index is 2.96. The molecule has 1 aromatic rings. The first-order valence-electron chi connectivity index (χ1n) is 3.54. The number of hydrogen-bond acceptors (Lipinski definition) is 5. The molecule has 0 radical (unpaired) electrons. The van der Waals surface area contributed by atoms with Crippen LogP contribution in [0, 0.1) is 0 Å². The molecule has 0 aliphatic carbocycles. The maximum atomic E-state index is 10.5. The Hall–Kier alpha value is -0.500. The van der Waals surface area contributed by atoms with Crippen molar-refractivity contribution >= 4 is 21.5 Å². The van der Waals surface area contributed by atoms with Crippen LogP contribution in [0.5, 0.6) is 0 Å². The first-order chi connectivity index (χ1) is 5.95. The molecule has 0 aliphatic rings. The van der Waals surface area contributed by atoms with Crippen molar-refractivity contribution in [2.75, 3.05) is 0 Å². The van der Waals surface area contributed by atoms with Crippen molar-refractivity contribution in [2.45, 2.75) is 18.8 Å². The van der Waals surface area contributed by atoms with E-state index in [1.165, 1.54) is 6.20 Å². The molecule has 1 atom stereocenters. The summed E-state index contributed by atoms with van der Waals surface area (Å²) in [7, 11) is -4.45. The third-order valence-corrected chi connectivity index (χ3v) is 3.54. The zero-order valence-electron chi connectivity index (χ0n) is 6.84. The summed E-state index contributed by atoms with van der Waals surface area (Å²) in [6.07, 6.45) is 2.20. The van der Waals surface area contributed by atoms with Crippen LogP contribution in [0.4, 0.5) is 0 Å². The van der Waals surface area contributed by atoms with Crippen molar-refractivity contribution in [3.63, 3.8) is 0 Å². The summed E-state index contributed by atoms with van der Waals surface area (Å²) in [4.78, 5) is 4.54. The van der Waals surface area contributed by atoms with Gasteiger partial charge >= 0.3 is 0 Å². The van der Waals surface area contributed by atoms with Crippen molar-refractivity contribution in [2.24, 2.45) is 0 Å². The van der Waals surface area contributed by atoms with E-state index in [0.29, 0.717) is 0 Å². The van der Waals surface area contributed by atoms with Crippen LogP contribution in [0.25, 0.3) is 0 Å². The van der Waals surface area contributed by atoms with E-state index in [1.54, 1.807) is 0 Å². The van der Waals surface area contributed by atoms with E-state index in [0.717, 1.165) is 22.6 Å². The first kappa shape index (κ1) is 10.6. The number of hydrogen-bond donors (Lipinski definition) is 2. The van der Waals surface area contributed by atoms with Crippen LogP contribution in [-0.2, 0) is 16.5 Å². The lowest BCUT2D eigenvalue weighted by Crippen LogP contribution is -2.10. The molecule has 74 valence electrons. The van der Waals surface area contributed by atoms with Gasteiger partial charge in [-0.2, -0.15) is 8.42 Å². The highest BCUT2D eigenvalue weighted by Crippen LogP contribution is 2.23. The Morgan fingerprint density at radius 3 is 2.69 bits per heavy atom. The molecule has 7 heteroatoms. The van der Waals surface area contributed by atoms with Crippen molar-refractivity contribution in [3.8, 4) is 0 Å². The molecule has 1 unspecified atom stereocenters. The van der Waals surface area contributed by atoms with E-state index in [4.69, 9.17) is 9.66 Å². The van der Waals surface area contributed by atoms with E-state index in [-0.39, 0.29) is 5.01 Å². The van der Waals surface area contributed by atoms with Gasteiger partial charge in [-0.15, -0.1) is 11.3 Å². The number of rotatable bonds is 3. The van der Waals surface area contributed by atoms with Gasteiger partial charge < -0.3 is 5.11 Å². The second-order valence-corrected chi connectivity index (χ2v) is 5.01. The second kappa shape index (κ2) is 3.70. The largest absolute Gasteiger partial charge is 0.370 e. The molecule has 1 rings (SSSR count). The van der Waals surface area contributed by atoms with E-state index in [1.807, 2.05) is 6.92 Å². The molecule has 0 amide bonds. The van der Waals surface area contributed by atoms with E-state index in [9.17, 15) is 8.42 Å². The van der Waals surface area contributed by atoms with E-state index >= 15 is 0 Å². The summed E-state index contributed by atoms with van der Waals surface area (Å²) in [5, 5.41) is 9.08. The third kappa shape index (κ3) is 2.47. The number of thiazole rings is 1. The molecule has 0 aliphatic heterocycles. The molecule has 13 heavy (non-hydrogen) atoms. The molecule has 0 bridgehead atoms. The number of aliphatic hydroxyl groups excluding tert-OH is 1. The first-order valence-corrected chi connectivity index (χ1v) is 5.86. The second-order valence-electron chi connectivity index (χ2n) is 2.39. The minimum absolute atomic E-state index is 0.000602. The summed E-state index contributed by atoms with van der Waals surface area (Å²) < 4.78 is 29.5. The van der Waals surface area contributed by atoms with Gasteiger partial charge in [0, 0.05) is 11.1 Å². The molecule has 2 N–H and O–H groups in total. The van der Waals surface area contributed by atoms with Gasteiger partial charge in [0.2, 0.25) is 5.44 Å². The highest BCUT2D eigenvalue weighted by atomic mass is 32.2. The molecule has 1 heterocycles. The fourth-order valence-corrected chi connectivity index (χ4v) is 2.28. The quantitative estimate of drug-likeness (QED) is 0.732. The number of aromatic nitrogens is 1. The highest BCUT2D eigenvalue weighted by molar-refractivity contribution is 7.86. The predicted octanol–water partition coefficient (Wildman–Crippen LogP) is 0.584. The molecular formula is C6H9NO4S2. The standard InChI is InChI=1S/C6H9NO4S2/c1-2-4-3-7-5(12-4)6(8)13(9,10)11/h3,6,8H,2H2,1H3,(H,9,10,11). The Kier molecular flexibility index (Phi) is 3.01. The van der Waals surface area contributed by atoms with Gasteiger partial charge in [-0.25, -0.2) is 4.98 Å². The van der Waals surface area contributed by atoms with Crippen LogP contribution in [0.1, 0.15) is 22.2 Å². The maximum Gasteiger partial charge on any atom is 0.298 e. The Bertz CT molecular complexity index is 383. The molecule has 1 aromatic heterocycles. The van der Waals surface area contributed by atoms with Gasteiger partial charge in [0.05, 0.1) is 0 Å². The van der Waals surface area contributed by atoms with E-state index in [2.05, 4.69) is 4.98 Å². The zero-order chi connectivity index (χ0) is 10.1. The third-order valence-electron chi connectivity index (χ3n) is 1.41. The van der Waals surface area contributed by atoms with Crippen LogP contribution in [0.2, 0.25) is 0 Å². The monoisotopic (exact) mass is 223 g/mol. The number of nitrogens with zero attached hydrogens (tertiary/aromatic N) is 1. The fourth-order valence-electron chi connectivity index (χ4n) is 0.728. The summed E-state index contributed by atoms with van der Waals surface area (Å²) >= 11 is 1.07. The Labute approximate surface area is 79.8 Å². The van der Waals surface area contributed by atoms with Gasteiger partial charge in [0.15, 0.2) is 0 Å².